The molecule has 0 radical (unpaired) electrons. The third kappa shape index (κ3) is 4.99. The molecule has 3 rings (SSSR count). The smallest absolute Gasteiger partial charge is 0.226 e. The predicted octanol–water partition coefficient (Wildman–Crippen LogP) is 3.37. The number of carbonyl (C=O) groups is 1. The van der Waals surface area contributed by atoms with Crippen molar-refractivity contribution >= 4 is 17.2 Å². The zero-order valence-corrected chi connectivity index (χ0v) is 16.8. The van der Waals surface area contributed by atoms with E-state index in [0.717, 1.165) is 23.4 Å². The number of benzene rings is 1. The zero-order valence-electron chi connectivity index (χ0n) is 16.0. The molecule has 1 aromatic heterocycles. The number of thiazole rings is 1. The molecule has 1 aromatic carbocycles. The molecule has 0 unspecified atom stereocenters. The van der Waals surface area contributed by atoms with Gasteiger partial charge < -0.3 is 19.5 Å². The number of nitrogens with zero attached hydrogens (tertiary/aromatic N) is 2. The van der Waals surface area contributed by atoms with Crippen LogP contribution in [0, 0.1) is 5.92 Å². The lowest BCUT2D eigenvalue weighted by Crippen LogP contribution is -2.37. The van der Waals surface area contributed by atoms with Crippen LogP contribution in [0.15, 0.2) is 23.6 Å². The second kappa shape index (κ2) is 8.71. The van der Waals surface area contributed by atoms with Gasteiger partial charge in [0.25, 0.3) is 0 Å². The lowest BCUT2D eigenvalue weighted by atomic mass is 10.1. The summed E-state index contributed by atoms with van der Waals surface area (Å²) in [4.78, 5) is 18.8. The van der Waals surface area contributed by atoms with Gasteiger partial charge in [0.15, 0.2) is 11.5 Å². The minimum atomic E-state index is -0.0740. The molecule has 1 saturated carbocycles. The number of hydrogen-bond acceptors (Lipinski definition) is 6. The summed E-state index contributed by atoms with van der Waals surface area (Å²) in [6, 6.07) is 5.91. The number of amides is 1. The lowest BCUT2D eigenvalue weighted by molar-refractivity contribution is -0.134. The van der Waals surface area contributed by atoms with Crippen LogP contribution in [0.4, 0.5) is 0 Å². The molecule has 1 N–H and O–H groups in total. The SMILES string of the molecule is COc1ccc(CN(C(=O)C2CC2)C(C)C)cc1OCc1nc(CO)cs1. The van der Waals surface area contributed by atoms with E-state index in [0.29, 0.717) is 30.3 Å². The Kier molecular flexibility index (Phi) is 6.34. The van der Waals surface area contributed by atoms with Gasteiger partial charge in [-0.15, -0.1) is 11.3 Å². The maximum Gasteiger partial charge on any atom is 0.226 e. The van der Waals surface area contributed by atoms with Gasteiger partial charge in [-0.25, -0.2) is 4.98 Å². The van der Waals surface area contributed by atoms with Crippen LogP contribution in [0.2, 0.25) is 0 Å². The molecule has 0 aliphatic heterocycles. The summed E-state index contributed by atoms with van der Waals surface area (Å²) < 4.78 is 11.3. The quantitative estimate of drug-likeness (QED) is 0.711. The molecule has 0 atom stereocenters. The Balaban J connectivity index is 1.72. The van der Waals surface area contributed by atoms with Crippen LogP contribution in [0.3, 0.4) is 0 Å². The van der Waals surface area contributed by atoms with Gasteiger partial charge in [0.1, 0.15) is 11.6 Å². The van der Waals surface area contributed by atoms with E-state index in [2.05, 4.69) is 4.98 Å². The molecule has 0 spiro atoms. The highest BCUT2D eigenvalue weighted by Crippen LogP contribution is 2.33. The number of aliphatic hydroxyl groups is 1. The number of methoxy groups -OCH3 is 1. The van der Waals surface area contributed by atoms with E-state index in [-0.39, 0.29) is 24.5 Å². The van der Waals surface area contributed by atoms with Gasteiger partial charge in [0, 0.05) is 23.9 Å². The molecule has 2 aromatic rings. The summed E-state index contributed by atoms with van der Waals surface area (Å²) in [6.07, 6.45) is 2.01. The van der Waals surface area contributed by atoms with Crippen molar-refractivity contribution in [2.75, 3.05) is 7.11 Å². The average Bonchev–Trinajstić information content (AvgIpc) is 3.42. The first-order chi connectivity index (χ1) is 13.0. The highest BCUT2D eigenvalue weighted by molar-refractivity contribution is 7.09. The summed E-state index contributed by atoms with van der Waals surface area (Å²) in [7, 11) is 1.60. The maximum atomic E-state index is 12.5. The molecule has 0 bridgehead atoms. The number of carbonyl (C=O) groups excluding carboxylic acids is 1. The third-order valence-corrected chi connectivity index (χ3v) is 5.40. The molecule has 1 heterocycles. The summed E-state index contributed by atoms with van der Waals surface area (Å²) in [5, 5.41) is 11.7. The van der Waals surface area contributed by atoms with E-state index in [1.165, 1.54) is 11.3 Å². The molecular weight excluding hydrogens is 364 g/mol. The van der Waals surface area contributed by atoms with Gasteiger partial charge in [-0.1, -0.05) is 6.07 Å². The Labute approximate surface area is 163 Å². The van der Waals surface area contributed by atoms with Crippen molar-refractivity contribution in [1.29, 1.82) is 0 Å². The first kappa shape index (κ1) is 19.6. The Morgan fingerprint density at radius 3 is 2.74 bits per heavy atom. The Morgan fingerprint density at radius 1 is 1.37 bits per heavy atom. The lowest BCUT2D eigenvalue weighted by Gasteiger charge is -2.27. The van der Waals surface area contributed by atoms with Crippen LogP contribution in [0.1, 0.15) is 43.0 Å². The van der Waals surface area contributed by atoms with Gasteiger partial charge in [0.2, 0.25) is 5.91 Å². The topological polar surface area (TPSA) is 71.9 Å². The standard InChI is InChI=1S/C20H26N2O4S/c1-13(2)22(20(24)15-5-6-15)9-14-4-7-17(25-3)18(8-14)26-11-19-21-16(10-23)12-27-19/h4,7-8,12-13,15,23H,5-6,9-11H2,1-3H3. The summed E-state index contributed by atoms with van der Waals surface area (Å²) >= 11 is 1.45. The van der Waals surface area contributed by atoms with E-state index in [9.17, 15) is 4.79 Å². The highest BCUT2D eigenvalue weighted by Gasteiger charge is 2.34. The third-order valence-electron chi connectivity index (χ3n) is 4.53. The van der Waals surface area contributed by atoms with Gasteiger partial charge in [-0.05, 0) is 44.4 Å². The molecule has 1 aliphatic carbocycles. The molecule has 7 heteroatoms. The van der Waals surface area contributed by atoms with Gasteiger partial charge in [-0.2, -0.15) is 0 Å². The zero-order chi connectivity index (χ0) is 19.4. The van der Waals surface area contributed by atoms with Crippen LogP contribution in [-0.4, -0.2) is 34.0 Å². The fourth-order valence-corrected chi connectivity index (χ4v) is 3.53. The molecule has 27 heavy (non-hydrogen) atoms. The van der Waals surface area contributed by atoms with Gasteiger partial charge in [-0.3, -0.25) is 4.79 Å². The van der Waals surface area contributed by atoms with Gasteiger partial charge >= 0.3 is 0 Å². The molecular formula is C20H26N2O4S. The van der Waals surface area contributed by atoms with Crippen LogP contribution in [-0.2, 0) is 24.6 Å². The molecule has 1 fully saturated rings. The summed E-state index contributed by atoms with van der Waals surface area (Å²) in [5.74, 6) is 1.70. The average molecular weight is 391 g/mol. The fourth-order valence-electron chi connectivity index (χ4n) is 2.84. The monoisotopic (exact) mass is 390 g/mol. The van der Waals surface area contributed by atoms with Crippen molar-refractivity contribution < 1.29 is 19.4 Å². The second-order valence-electron chi connectivity index (χ2n) is 7.00. The Hall–Kier alpha value is -2.12. The van der Waals surface area contributed by atoms with E-state index in [1.807, 2.05) is 42.3 Å². The number of rotatable bonds is 9. The maximum absolute atomic E-state index is 12.5. The van der Waals surface area contributed by atoms with Crippen molar-refractivity contribution in [2.45, 2.75) is 52.5 Å². The van der Waals surface area contributed by atoms with Crippen LogP contribution in [0.5, 0.6) is 11.5 Å². The second-order valence-corrected chi connectivity index (χ2v) is 7.94. The van der Waals surface area contributed by atoms with E-state index < -0.39 is 0 Å². The van der Waals surface area contributed by atoms with Gasteiger partial charge in [0.05, 0.1) is 19.4 Å². The number of hydrogen-bond donors (Lipinski definition) is 1. The van der Waals surface area contributed by atoms with Crippen LogP contribution < -0.4 is 9.47 Å². The summed E-state index contributed by atoms with van der Waals surface area (Å²) in [5.41, 5.74) is 1.65. The van der Waals surface area contributed by atoms with Crippen molar-refractivity contribution in [1.82, 2.24) is 9.88 Å². The number of aromatic nitrogens is 1. The normalized spacial score (nSPS) is 13.7. The molecule has 146 valence electrons. The van der Waals surface area contributed by atoms with Crippen molar-refractivity contribution in [2.24, 2.45) is 5.92 Å². The molecule has 1 aliphatic rings. The number of aliphatic hydroxyl groups excluding tert-OH is 1. The van der Waals surface area contributed by atoms with Crippen molar-refractivity contribution in [3.05, 3.63) is 39.8 Å². The van der Waals surface area contributed by atoms with Crippen LogP contribution >= 0.6 is 11.3 Å². The predicted molar refractivity (Wildman–Crippen MR) is 104 cm³/mol. The van der Waals surface area contributed by atoms with E-state index in [1.54, 1.807) is 7.11 Å². The van der Waals surface area contributed by atoms with Crippen LogP contribution in [0.25, 0.3) is 0 Å². The van der Waals surface area contributed by atoms with Crippen molar-refractivity contribution in [3.8, 4) is 11.5 Å². The molecule has 6 nitrogen and oxygen atoms in total. The van der Waals surface area contributed by atoms with Crippen molar-refractivity contribution in [3.63, 3.8) is 0 Å². The fraction of sp³-hybridized carbons (Fsp3) is 0.500. The van der Waals surface area contributed by atoms with E-state index >= 15 is 0 Å². The minimum absolute atomic E-state index is 0.0740. The Morgan fingerprint density at radius 2 is 2.15 bits per heavy atom. The molecule has 0 saturated heterocycles. The highest BCUT2D eigenvalue weighted by atomic mass is 32.1. The largest absolute Gasteiger partial charge is 0.493 e. The summed E-state index contributed by atoms with van der Waals surface area (Å²) in [6.45, 7) is 4.87. The Bertz CT molecular complexity index is 786. The first-order valence-electron chi connectivity index (χ1n) is 9.16. The number of ether oxygens (including phenoxy) is 2. The minimum Gasteiger partial charge on any atom is -0.493 e. The van der Waals surface area contributed by atoms with E-state index in [4.69, 9.17) is 14.6 Å². The molecule has 1 amide bonds. The first-order valence-corrected chi connectivity index (χ1v) is 10.0.